The minimum absolute atomic E-state index is 0.00103. The van der Waals surface area contributed by atoms with Crippen molar-refractivity contribution < 1.29 is 10.0 Å². The highest BCUT2D eigenvalue weighted by molar-refractivity contribution is 8.06. The van der Waals surface area contributed by atoms with Crippen LogP contribution in [-0.2, 0) is 0 Å². The Bertz CT molecular complexity index is 502. The lowest BCUT2D eigenvalue weighted by atomic mass is 10.1. The van der Waals surface area contributed by atoms with Crippen LogP contribution in [0.3, 0.4) is 0 Å². The zero-order chi connectivity index (χ0) is 14.4. The summed E-state index contributed by atoms with van der Waals surface area (Å²) in [4.78, 5) is 12.1. The van der Waals surface area contributed by atoms with Gasteiger partial charge in [-0.2, -0.15) is 23.5 Å². The molecule has 1 atom stereocenters. The first-order chi connectivity index (χ1) is 9.70. The third kappa shape index (κ3) is 4.08. The molecule has 1 aromatic carbocycles. The van der Waals surface area contributed by atoms with Crippen LogP contribution in [0.2, 0.25) is 0 Å². The first-order valence-corrected chi connectivity index (χ1v) is 8.46. The van der Waals surface area contributed by atoms with Gasteiger partial charge in [0.1, 0.15) is 0 Å². The van der Waals surface area contributed by atoms with Crippen LogP contribution >= 0.6 is 23.5 Å². The number of carbonyl (C=O) groups excluding carboxylic acids is 1. The van der Waals surface area contributed by atoms with E-state index >= 15 is 0 Å². The summed E-state index contributed by atoms with van der Waals surface area (Å²) in [6.07, 6.45) is 0. The molecule has 1 fully saturated rings. The first kappa shape index (κ1) is 15.1. The van der Waals surface area contributed by atoms with Gasteiger partial charge in [-0.15, -0.1) is 0 Å². The summed E-state index contributed by atoms with van der Waals surface area (Å²) in [6, 6.07) is 6.74. The number of hydrogen-bond donors (Lipinski definition) is 3. The summed E-state index contributed by atoms with van der Waals surface area (Å²) in [5, 5.41) is 15.0. The van der Waals surface area contributed by atoms with Crippen LogP contribution in [-0.4, -0.2) is 46.0 Å². The Hall–Kier alpha value is -1.34. The Labute approximate surface area is 126 Å². The smallest absolute Gasteiger partial charge is 0.251 e. The van der Waals surface area contributed by atoms with Crippen LogP contribution in [0.4, 0.5) is 0 Å². The topological polar surface area (TPSA) is 87.7 Å². The highest BCUT2D eigenvalue weighted by atomic mass is 32.2. The Kier molecular flexibility index (Phi) is 5.60. The number of amidine groups is 1. The van der Waals surface area contributed by atoms with E-state index in [-0.39, 0.29) is 11.7 Å². The molecule has 0 radical (unpaired) electrons. The van der Waals surface area contributed by atoms with E-state index in [0.717, 1.165) is 11.5 Å². The van der Waals surface area contributed by atoms with Crippen LogP contribution in [0.15, 0.2) is 29.4 Å². The minimum atomic E-state index is -0.131. The van der Waals surface area contributed by atoms with Crippen molar-refractivity contribution in [3.63, 3.8) is 0 Å². The molecule has 0 bridgehead atoms. The molecule has 1 unspecified atom stereocenters. The van der Waals surface area contributed by atoms with Crippen molar-refractivity contribution in [1.29, 1.82) is 0 Å². The highest BCUT2D eigenvalue weighted by Crippen LogP contribution is 2.23. The molecule has 1 amide bonds. The van der Waals surface area contributed by atoms with Gasteiger partial charge in [-0.05, 0) is 12.1 Å². The lowest BCUT2D eigenvalue weighted by Gasteiger charge is -2.21. The third-order valence-corrected chi connectivity index (χ3v) is 5.75. The zero-order valence-electron chi connectivity index (χ0n) is 10.9. The molecule has 1 heterocycles. The highest BCUT2D eigenvalue weighted by Gasteiger charge is 2.16. The van der Waals surface area contributed by atoms with Gasteiger partial charge in [-0.25, -0.2) is 0 Å². The number of oxime groups is 1. The molecule has 1 aromatic rings. The van der Waals surface area contributed by atoms with Gasteiger partial charge in [-0.1, -0.05) is 17.3 Å². The molecule has 7 heteroatoms. The van der Waals surface area contributed by atoms with Crippen molar-refractivity contribution in [1.82, 2.24) is 5.32 Å². The van der Waals surface area contributed by atoms with Crippen molar-refractivity contribution in [2.24, 2.45) is 10.9 Å². The van der Waals surface area contributed by atoms with Crippen LogP contribution in [0.1, 0.15) is 15.9 Å². The van der Waals surface area contributed by atoms with Gasteiger partial charge in [-0.3, -0.25) is 4.79 Å². The van der Waals surface area contributed by atoms with E-state index in [1.54, 1.807) is 24.3 Å². The van der Waals surface area contributed by atoms with Crippen molar-refractivity contribution in [2.75, 3.05) is 23.8 Å². The van der Waals surface area contributed by atoms with Gasteiger partial charge >= 0.3 is 0 Å². The Morgan fingerprint density at radius 1 is 1.45 bits per heavy atom. The molecule has 0 aromatic heterocycles. The fraction of sp³-hybridized carbons (Fsp3) is 0.385. The lowest BCUT2D eigenvalue weighted by molar-refractivity contribution is 0.0954. The van der Waals surface area contributed by atoms with Crippen molar-refractivity contribution in [2.45, 2.75) is 5.25 Å². The number of nitrogens with two attached hydrogens (primary N) is 1. The molecule has 108 valence electrons. The van der Waals surface area contributed by atoms with E-state index < -0.39 is 0 Å². The predicted octanol–water partition coefficient (Wildman–Crippen LogP) is 1.36. The molecular weight excluding hydrogens is 294 g/mol. The Balaban J connectivity index is 1.94. The number of nitrogens with zero attached hydrogens (tertiary/aromatic N) is 1. The van der Waals surface area contributed by atoms with Crippen molar-refractivity contribution >= 4 is 35.3 Å². The maximum atomic E-state index is 12.1. The van der Waals surface area contributed by atoms with E-state index in [1.807, 2.05) is 23.5 Å². The van der Waals surface area contributed by atoms with Crippen molar-refractivity contribution in [3.05, 3.63) is 35.4 Å². The molecular formula is C13H17N3O2S2. The summed E-state index contributed by atoms with van der Waals surface area (Å²) in [5.74, 6) is 3.28. The normalized spacial score (nSPS) is 19.6. The summed E-state index contributed by atoms with van der Waals surface area (Å²) in [5.41, 5.74) is 6.56. The molecule has 0 saturated carbocycles. The maximum Gasteiger partial charge on any atom is 0.251 e. The second kappa shape index (κ2) is 7.44. The summed E-state index contributed by atoms with van der Waals surface area (Å²) >= 11 is 3.83. The molecule has 1 saturated heterocycles. The number of hydrogen-bond acceptors (Lipinski definition) is 5. The molecule has 1 aliphatic heterocycles. The Morgan fingerprint density at radius 3 is 2.95 bits per heavy atom. The monoisotopic (exact) mass is 311 g/mol. The summed E-state index contributed by atoms with van der Waals surface area (Å²) in [7, 11) is 0. The van der Waals surface area contributed by atoms with Crippen LogP contribution < -0.4 is 11.1 Å². The molecule has 20 heavy (non-hydrogen) atoms. The van der Waals surface area contributed by atoms with Crippen LogP contribution in [0.5, 0.6) is 0 Å². The van der Waals surface area contributed by atoms with Crippen LogP contribution in [0, 0.1) is 0 Å². The van der Waals surface area contributed by atoms with E-state index in [4.69, 9.17) is 10.9 Å². The number of thioether (sulfide) groups is 2. The molecule has 4 N–H and O–H groups in total. The maximum absolute atomic E-state index is 12.1. The SMILES string of the molecule is N/C(=N/O)c1cccc(C(=O)NCC2CSCCS2)c1. The number of nitrogens with one attached hydrogen (secondary N) is 1. The second-order valence-electron chi connectivity index (χ2n) is 4.34. The van der Waals surface area contributed by atoms with Gasteiger partial charge in [0.2, 0.25) is 0 Å². The second-order valence-corrected chi connectivity index (χ2v) is 6.90. The van der Waals surface area contributed by atoms with Crippen molar-refractivity contribution in [3.8, 4) is 0 Å². The predicted molar refractivity (Wildman–Crippen MR) is 84.9 cm³/mol. The fourth-order valence-electron chi connectivity index (χ4n) is 1.84. The molecule has 0 spiro atoms. The number of carbonyl (C=O) groups is 1. The fourth-order valence-corrected chi connectivity index (χ4v) is 4.45. The van der Waals surface area contributed by atoms with Crippen LogP contribution in [0.25, 0.3) is 0 Å². The standard InChI is InChI=1S/C13H17N3O2S2/c14-12(16-18)9-2-1-3-10(6-9)13(17)15-7-11-8-19-4-5-20-11/h1-3,6,11,18H,4-5,7-8H2,(H2,14,16)(H,15,17). The molecule has 0 aliphatic carbocycles. The molecule has 2 rings (SSSR count). The van der Waals surface area contributed by atoms with E-state index in [2.05, 4.69) is 10.5 Å². The zero-order valence-corrected chi connectivity index (χ0v) is 12.5. The molecule has 1 aliphatic rings. The average Bonchev–Trinajstić information content (AvgIpc) is 2.53. The quantitative estimate of drug-likeness (QED) is 0.338. The van der Waals surface area contributed by atoms with Gasteiger partial charge in [0.15, 0.2) is 5.84 Å². The number of amides is 1. The van der Waals surface area contributed by atoms with Gasteiger partial charge in [0.25, 0.3) is 5.91 Å². The number of rotatable bonds is 4. The van der Waals surface area contributed by atoms with Gasteiger partial charge in [0, 0.05) is 40.2 Å². The Morgan fingerprint density at radius 2 is 2.25 bits per heavy atom. The minimum Gasteiger partial charge on any atom is -0.409 e. The van der Waals surface area contributed by atoms with Gasteiger partial charge in [0.05, 0.1) is 0 Å². The summed E-state index contributed by atoms with van der Waals surface area (Å²) in [6.45, 7) is 0.671. The average molecular weight is 311 g/mol. The molecule has 5 nitrogen and oxygen atoms in total. The van der Waals surface area contributed by atoms with E-state index in [9.17, 15) is 4.79 Å². The summed E-state index contributed by atoms with van der Waals surface area (Å²) < 4.78 is 0. The third-order valence-electron chi connectivity index (χ3n) is 2.90. The first-order valence-electron chi connectivity index (χ1n) is 6.26. The van der Waals surface area contributed by atoms with E-state index in [0.29, 0.717) is 22.9 Å². The van der Waals surface area contributed by atoms with Gasteiger partial charge < -0.3 is 16.3 Å². The lowest BCUT2D eigenvalue weighted by Crippen LogP contribution is -2.33. The van der Waals surface area contributed by atoms with E-state index in [1.165, 1.54) is 5.75 Å². The largest absolute Gasteiger partial charge is 0.409 e. The number of benzene rings is 1.